The van der Waals surface area contributed by atoms with Gasteiger partial charge in [-0.2, -0.15) is 5.10 Å². The Morgan fingerprint density at radius 2 is 1.86 bits per heavy atom. The lowest BCUT2D eigenvalue weighted by atomic mass is 10.0. The average Bonchev–Trinajstić information content (AvgIpc) is 3.60. The third-order valence-electron chi connectivity index (χ3n) is 7.07. The first-order chi connectivity index (χ1) is 17.3. The Kier molecular flexibility index (Phi) is 5.18. The fraction of sp³-hybridized carbons (Fsp3) is 0.310. The predicted octanol–water partition coefficient (Wildman–Crippen LogP) is 4.91. The van der Waals surface area contributed by atoms with E-state index < -0.39 is 0 Å². The molecule has 2 aromatic carbocycles. The summed E-state index contributed by atoms with van der Waals surface area (Å²) in [6, 6.07) is 16.2. The number of hydrogen-bond donors (Lipinski definition) is 0. The molecular weight excluding hydrogens is 452 g/mol. The minimum atomic E-state index is -0.264. The molecule has 0 aliphatic carbocycles. The smallest absolute Gasteiger partial charge is 0.261 e. The van der Waals surface area contributed by atoms with E-state index in [-0.39, 0.29) is 18.1 Å². The highest BCUT2D eigenvalue weighted by molar-refractivity contribution is 5.79. The second-order valence-corrected chi connectivity index (χ2v) is 10.3. The highest BCUT2D eigenvalue weighted by Gasteiger charge is 2.34. The van der Waals surface area contributed by atoms with Gasteiger partial charge in [0.25, 0.3) is 5.91 Å². The SMILES string of the molecule is Cc1ccc(-n2nc3c(c2-n2cccc2)CN(C(=O)COc2cccc4c2OC(C)(C)C4)C3)cc1C. The lowest BCUT2D eigenvalue weighted by Crippen LogP contribution is -2.31. The van der Waals surface area contributed by atoms with Crippen molar-refractivity contribution in [1.82, 2.24) is 19.2 Å². The van der Waals surface area contributed by atoms with Gasteiger partial charge in [0.05, 0.1) is 24.5 Å². The van der Waals surface area contributed by atoms with E-state index in [1.165, 1.54) is 11.1 Å². The summed E-state index contributed by atoms with van der Waals surface area (Å²) >= 11 is 0. The molecule has 0 fully saturated rings. The van der Waals surface area contributed by atoms with Gasteiger partial charge in [0.15, 0.2) is 18.1 Å². The Hall–Kier alpha value is -4.00. The fourth-order valence-corrected chi connectivity index (χ4v) is 5.09. The van der Waals surface area contributed by atoms with Gasteiger partial charge >= 0.3 is 0 Å². The molecule has 7 nitrogen and oxygen atoms in total. The molecular formula is C29H30N4O3. The molecule has 0 saturated heterocycles. The molecule has 0 saturated carbocycles. The first-order valence-corrected chi connectivity index (χ1v) is 12.3. The van der Waals surface area contributed by atoms with Crippen molar-refractivity contribution in [3.8, 4) is 23.0 Å². The normalized spacial score (nSPS) is 15.5. The van der Waals surface area contributed by atoms with E-state index in [1.807, 2.05) is 46.2 Å². The van der Waals surface area contributed by atoms with E-state index in [9.17, 15) is 4.79 Å². The van der Waals surface area contributed by atoms with E-state index in [0.29, 0.717) is 18.8 Å². The van der Waals surface area contributed by atoms with Crippen LogP contribution < -0.4 is 9.47 Å². The molecule has 0 N–H and O–H groups in total. The number of aromatic nitrogens is 3. The van der Waals surface area contributed by atoms with Crippen molar-refractivity contribution >= 4 is 5.91 Å². The van der Waals surface area contributed by atoms with Crippen molar-refractivity contribution in [2.75, 3.05) is 6.61 Å². The number of carbonyl (C=O) groups excluding carboxylic acids is 1. The van der Waals surface area contributed by atoms with Gasteiger partial charge in [0.2, 0.25) is 0 Å². The van der Waals surface area contributed by atoms with E-state index in [0.717, 1.165) is 40.5 Å². The second-order valence-electron chi connectivity index (χ2n) is 10.3. The van der Waals surface area contributed by atoms with Crippen LogP contribution in [0.4, 0.5) is 0 Å². The van der Waals surface area contributed by atoms with Crippen molar-refractivity contribution in [3.05, 3.63) is 88.9 Å². The molecule has 4 heterocycles. The highest BCUT2D eigenvalue weighted by Crippen LogP contribution is 2.41. The Labute approximate surface area is 210 Å². The van der Waals surface area contributed by atoms with E-state index in [2.05, 4.69) is 56.5 Å². The summed E-state index contributed by atoms with van der Waals surface area (Å²) in [6.45, 7) is 9.25. The Balaban J connectivity index is 1.23. The lowest BCUT2D eigenvalue weighted by Gasteiger charge is -2.20. The summed E-state index contributed by atoms with van der Waals surface area (Å²) in [4.78, 5) is 15.0. The van der Waals surface area contributed by atoms with Gasteiger partial charge in [-0.25, -0.2) is 4.68 Å². The molecule has 0 radical (unpaired) electrons. The Bertz CT molecular complexity index is 1470. The van der Waals surface area contributed by atoms with Crippen LogP contribution in [0, 0.1) is 13.8 Å². The average molecular weight is 483 g/mol. The summed E-state index contributed by atoms with van der Waals surface area (Å²) in [7, 11) is 0. The van der Waals surface area contributed by atoms with Crippen LogP contribution in [0.1, 0.15) is 41.8 Å². The molecule has 6 rings (SSSR count). The fourth-order valence-electron chi connectivity index (χ4n) is 5.09. The maximum atomic E-state index is 13.2. The molecule has 2 aromatic heterocycles. The van der Waals surface area contributed by atoms with Crippen LogP contribution in [0.5, 0.6) is 11.5 Å². The topological polar surface area (TPSA) is 61.5 Å². The summed E-state index contributed by atoms with van der Waals surface area (Å²) in [5.41, 5.74) is 6.30. The summed E-state index contributed by atoms with van der Waals surface area (Å²) in [5, 5.41) is 4.94. The number of amides is 1. The monoisotopic (exact) mass is 482 g/mol. The number of carbonyl (C=O) groups is 1. The van der Waals surface area contributed by atoms with Crippen molar-refractivity contribution in [1.29, 1.82) is 0 Å². The van der Waals surface area contributed by atoms with Gasteiger partial charge in [0, 0.05) is 29.9 Å². The number of fused-ring (bicyclic) bond motifs is 2. The van der Waals surface area contributed by atoms with Crippen molar-refractivity contribution in [2.45, 2.75) is 52.8 Å². The van der Waals surface area contributed by atoms with Crippen molar-refractivity contribution in [3.63, 3.8) is 0 Å². The second kappa shape index (κ2) is 8.29. The number of benzene rings is 2. The molecule has 4 aromatic rings. The predicted molar refractivity (Wildman–Crippen MR) is 137 cm³/mol. The van der Waals surface area contributed by atoms with Gasteiger partial charge in [-0.05, 0) is 69.2 Å². The molecule has 0 unspecified atom stereocenters. The number of hydrogen-bond acceptors (Lipinski definition) is 4. The summed E-state index contributed by atoms with van der Waals surface area (Å²) < 4.78 is 16.1. The van der Waals surface area contributed by atoms with Crippen LogP contribution in [0.3, 0.4) is 0 Å². The maximum Gasteiger partial charge on any atom is 0.261 e. The number of aryl methyl sites for hydroxylation is 2. The number of rotatable bonds is 5. The van der Waals surface area contributed by atoms with Crippen LogP contribution in [0.2, 0.25) is 0 Å². The van der Waals surface area contributed by atoms with Gasteiger partial charge in [-0.1, -0.05) is 18.2 Å². The third-order valence-corrected chi connectivity index (χ3v) is 7.07. The molecule has 0 spiro atoms. The molecule has 0 atom stereocenters. The quantitative estimate of drug-likeness (QED) is 0.405. The van der Waals surface area contributed by atoms with Crippen LogP contribution in [-0.4, -0.2) is 37.4 Å². The third kappa shape index (κ3) is 3.85. The van der Waals surface area contributed by atoms with E-state index in [4.69, 9.17) is 14.6 Å². The van der Waals surface area contributed by atoms with Gasteiger partial charge < -0.3 is 18.9 Å². The van der Waals surface area contributed by atoms with Crippen LogP contribution in [0.25, 0.3) is 11.5 Å². The molecule has 0 bridgehead atoms. The number of para-hydroxylation sites is 1. The molecule has 2 aliphatic rings. The summed E-state index contributed by atoms with van der Waals surface area (Å²) in [5.74, 6) is 2.26. The maximum absolute atomic E-state index is 13.2. The first-order valence-electron chi connectivity index (χ1n) is 12.3. The van der Waals surface area contributed by atoms with Crippen LogP contribution in [0.15, 0.2) is 60.9 Å². The van der Waals surface area contributed by atoms with Crippen LogP contribution >= 0.6 is 0 Å². The Morgan fingerprint density at radius 3 is 2.64 bits per heavy atom. The van der Waals surface area contributed by atoms with Gasteiger partial charge in [-0.3, -0.25) is 4.79 Å². The Morgan fingerprint density at radius 1 is 1.06 bits per heavy atom. The molecule has 1 amide bonds. The number of nitrogens with zero attached hydrogens (tertiary/aromatic N) is 4. The van der Waals surface area contributed by atoms with Gasteiger partial charge in [-0.15, -0.1) is 0 Å². The largest absolute Gasteiger partial charge is 0.483 e. The van der Waals surface area contributed by atoms with Crippen molar-refractivity contribution in [2.24, 2.45) is 0 Å². The van der Waals surface area contributed by atoms with E-state index >= 15 is 0 Å². The van der Waals surface area contributed by atoms with Crippen LogP contribution in [-0.2, 0) is 24.3 Å². The minimum absolute atomic E-state index is 0.0411. The first kappa shape index (κ1) is 22.5. The molecule has 2 aliphatic heterocycles. The lowest BCUT2D eigenvalue weighted by molar-refractivity contribution is -0.134. The zero-order valence-electron chi connectivity index (χ0n) is 21.1. The van der Waals surface area contributed by atoms with E-state index in [1.54, 1.807) is 0 Å². The molecule has 36 heavy (non-hydrogen) atoms. The van der Waals surface area contributed by atoms with Crippen molar-refractivity contribution < 1.29 is 14.3 Å². The number of ether oxygens (including phenoxy) is 2. The van der Waals surface area contributed by atoms with Gasteiger partial charge in [0.1, 0.15) is 11.4 Å². The highest BCUT2D eigenvalue weighted by atomic mass is 16.5. The molecule has 7 heteroatoms. The summed E-state index contributed by atoms with van der Waals surface area (Å²) in [6.07, 6.45) is 4.85. The minimum Gasteiger partial charge on any atom is -0.483 e. The molecule has 184 valence electrons. The zero-order chi connectivity index (χ0) is 25.0. The zero-order valence-corrected chi connectivity index (χ0v) is 21.1. The standard InChI is InChI=1S/C29H30N4O3/c1-19-10-11-22(14-20(19)2)33-28(31-12-5-6-13-31)23-16-32(17-24(23)30-33)26(34)18-35-25-9-7-8-21-15-29(3,4)36-27(21)25/h5-14H,15-18H2,1-4H3.